The summed E-state index contributed by atoms with van der Waals surface area (Å²) in [5.74, 6) is -1.12. The summed E-state index contributed by atoms with van der Waals surface area (Å²) in [5, 5.41) is 20.5. The summed E-state index contributed by atoms with van der Waals surface area (Å²) in [4.78, 5) is 58.2. The number of nitrogens with zero attached hydrogens (tertiary/aromatic N) is 1. The lowest BCUT2D eigenvalue weighted by atomic mass is 9.92. The van der Waals surface area contributed by atoms with E-state index < -0.39 is 29.5 Å². The number of rotatable bonds is 8. The molecule has 6 rings (SSSR count). The molecule has 1 fully saturated rings. The lowest BCUT2D eigenvalue weighted by Gasteiger charge is -2.26. The lowest BCUT2D eigenvalue weighted by molar-refractivity contribution is 0.0522. The van der Waals surface area contributed by atoms with E-state index in [4.69, 9.17) is 14.2 Å². The number of pyridine rings is 1. The summed E-state index contributed by atoms with van der Waals surface area (Å²) in [5.41, 5.74) is 3.37. The fraction of sp³-hybridized carbons (Fsp3) is 0.359. The molecule has 13 heteroatoms. The van der Waals surface area contributed by atoms with Crippen molar-refractivity contribution in [3.05, 3.63) is 88.1 Å². The zero-order chi connectivity index (χ0) is 37.0. The fourth-order valence-electron chi connectivity index (χ4n) is 6.25. The van der Waals surface area contributed by atoms with Gasteiger partial charge >= 0.3 is 12.1 Å². The van der Waals surface area contributed by atoms with Crippen LogP contribution < -0.4 is 20.7 Å². The molecular weight excluding hydrogens is 685 g/mol. The van der Waals surface area contributed by atoms with Gasteiger partial charge in [-0.1, -0.05) is 12.1 Å². The first kappa shape index (κ1) is 36.5. The van der Waals surface area contributed by atoms with Gasteiger partial charge in [-0.05, 0) is 105 Å². The molecule has 2 aliphatic rings. The van der Waals surface area contributed by atoms with Crippen LogP contribution in [0.2, 0.25) is 0 Å². The van der Waals surface area contributed by atoms with Gasteiger partial charge in [-0.2, -0.15) is 0 Å². The summed E-state index contributed by atoms with van der Waals surface area (Å²) < 4.78 is 16.6. The summed E-state index contributed by atoms with van der Waals surface area (Å²) in [6.45, 7) is 6.04. The maximum atomic E-state index is 14.2. The first-order chi connectivity index (χ1) is 24.9. The van der Waals surface area contributed by atoms with E-state index in [2.05, 4.69) is 20.9 Å². The quantitative estimate of drug-likeness (QED) is 0.148. The Bertz CT molecular complexity index is 1980. The van der Waals surface area contributed by atoms with Crippen molar-refractivity contribution < 1.29 is 38.5 Å². The largest absolute Gasteiger partial charge is 0.493 e. The highest BCUT2D eigenvalue weighted by atomic mass is 32.1. The molecule has 2 aromatic heterocycles. The molecule has 1 aliphatic heterocycles. The van der Waals surface area contributed by atoms with Crippen molar-refractivity contribution in [2.75, 3.05) is 19.0 Å². The van der Waals surface area contributed by atoms with Crippen LogP contribution in [0.3, 0.4) is 0 Å². The molecule has 3 amide bonds. The summed E-state index contributed by atoms with van der Waals surface area (Å²) in [6, 6.07) is 15.6. The number of anilines is 1. The molecule has 52 heavy (non-hydrogen) atoms. The number of methoxy groups -OCH3 is 1. The van der Waals surface area contributed by atoms with Crippen molar-refractivity contribution in [1.82, 2.24) is 15.6 Å². The number of alkyl carbamates (subject to hydrolysis) is 1. The maximum absolute atomic E-state index is 14.2. The Morgan fingerprint density at radius 1 is 0.942 bits per heavy atom. The molecule has 0 radical (unpaired) electrons. The normalized spacial score (nSPS) is 16.6. The van der Waals surface area contributed by atoms with Crippen LogP contribution in [-0.4, -0.2) is 65.4 Å². The number of ether oxygens (including phenoxy) is 3. The Balaban J connectivity index is 1.33. The van der Waals surface area contributed by atoms with Crippen LogP contribution in [0.5, 0.6) is 5.75 Å². The number of hydrogen-bond acceptors (Lipinski definition) is 10. The van der Waals surface area contributed by atoms with E-state index in [0.29, 0.717) is 61.3 Å². The van der Waals surface area contributed by atoms with Gasteiger partial charge in [-0.25, -0.2) is 14.6 Å². The Morgan fingerprint density at radius 2 is 1.69 bits per heavy atom. The highest BCUT2D eigenvalue weighted by Gasteiger charge is 2.28. The summed E-state index contributed by atoms with van der Waals surface area (Å²) in [7, 11) is 1.23. The fourth-order valence-corrected chi connectivity index (χ4v) is 7.23. The van der Waals surface area contributed by atoms with Gasteiger partial charge in [0.25, 0.3) is 11.8 Å². The summed E-state index contributed by atoms with van der Waals surface area (Å²) >= 11 is 1.55. The van der Waals surface area contributed by atoms with Gasteiger partial charge in [0.15, 0.2) is 5.69 Å². The number of aliphatic hydroxyl groups is 1. The van der Waals surface area contributed by atoms with Gasteiger partial charge in [-0.15, -0.1) is 11.3 Å². The number of nitrogens with one attached hydrogen (secondary N) is 3. The zero-order valence-corrected chi connectivity index (χ0v) is 30.4. The van der Waals surface area contributed by atoms with Gasteiger partial charge in [0.2, 0.25) is 0 Å². The molecule has 0 saturated heterocycles. The monoisotopic (exact) mass is 726 g/mol. The number of aliphatic hydroxyl groups excluding tert-OH is 1. The summed E-state index contributed by atoms with van der Waals surface area (Å²) in [6.07, 6.45) is 2.26. The SMILES string of the molecule is COC(=O)c1nc(C(=O)N[C@H]2CC[C@H](O)CC2)ccc1-c1cc2c(cc1C(=O)Nc1ccc(CNC(=O)OC(C)(C)C)cc1)-c1sccc1CCO2. The van der Waals surface area contributed by atoms with Crippen LogP contribution in [0.4, 0.5) is 10.5 Å². The van der Waals surface area contributed by atoms with Gasteiger partial charge in [0.05, 0.1) is 19.8 Å². The van der Waals surface area contributed by atoms with E-state index in [0.717, 1.165) is 21.6 Å². The molecule has 1 saturated carbocycles. The van der Waals surface area contributed by atoms with Gasteiger partial charge in [-0.3, -0.25) is 9.59 Å². The van der Waals surface area contributed by atoms with E-state index in [1.807, 2.05) is 11.4 Å². The van der Waals surface area contributed by atoms with Crippen molar-refractivity contribution >= 4 is 40.9 Å². The third-order valence-electron chi connectivity index (χ3n) is 8.86. The highest BCUT2D eigenvalue weighted by Crippen LogP contribution is 2.43. The average Bonchev–Trinajstić information content (AvgIpc) is 3.52. The number of thiophene rings is 1. The van der Waals surface area contributed by atoms with Crippen LogP contribution in [0.25, 0.3) is 21.6 Å². The van der Waals surface area contributed by atoms with Crippen molar-refractivity contribution in [3.63, 3.8) is 0 Å². The number of benzene rings is 2. The number of carbonyl (C=O) groups is 4. The Labute approximate surface area is 305 Å². The molecule has 1 aliphatic carbocycles. The molecule has 12 nitrogen and oxygen atoms in total. The number of fused-ring (bicyclic) bond motifs is 3. The van der Waals surface area contributed by atoms with E-state index in [-0.39, 0.29) is 35.6 Å². The van der Waals surface area contributed by atoms with Crippen LogP contribution in [0.15, 0.2) is 60.0 Å². The first-order valence-electron chi connectivity index (χ1n) is 17.2. The second-order valence-corrected chi connectivity index (χ2v) is 14.8. The molecule has 2 aromatic carbocycles. The number of carbonyl (C=O) groups excluding carboxylic acids is 4. The van der Waals surface area contributed by atoms with Crippen molar-refractivity contribution in [1.29, 1.82) is 0 Å². The van der Waals surface area contributed by atoms with E-state index in [1.165, 1.54) is 13.2 Å². The standard InChI is InChI=1S/C39H42N4O8S/c1-39(2,3)51-38(48)40-21-22-5-7-24(8-6-22)41-35(45)29-19-30-32(50-17-15-23-16-18-52-34(23)30)20-28(29)27-13-14-31(43-33(27)37(47)49-4)36(46)42-25-9-11-26(44)12-10-25/h5-8,13-14,16,18-20,25-26,44H,9-12,15,17,21H2,1-4H3,(H,40,48)(H,41,45)(H,42,46)/t25-,26-. The average molecular weight is 727 g/mol. The molecule has 0 spiro atoms. The van der Waals surface area contributed by atoms with E-state index in [1.54, 1.807) is 74.6 Å². The number of hydrogen-bond donors (Lipinski definition) is 4. The third kappa shape index (κ3) is 8.60. The molecule has 0 bridgehead atoms. The van der Waals surface area contributed by atoms with Crippen LogP contribution in [-0.2, 0) is 22.4 Å². The molecule has 4 N–H and O–H groups in total. The first-order valence-corrected chi connectivity index (χ1v) is 18.1. The van der Waals surface area contributed by atoms with Crippen molar-refractivity contribution in [2.45, 2.75) is 77.2 Å². The van der Waals surface area contributed by atoms with Crippen LogP contribution in [0.1, 0.15) is 88.9 Å². The minimum atomic E-state index is -0.774. The van der Waals surface area contributed by atoms with Gasteiger partial charge in [0, 0.05) is 51.8 Å². The Kier molecular flexibility index (Phi) is 10.9. The minimum absolute atomic E-state index is 0.0248. The van der Waals surface area contributed by atoms with Crippen LogP contribution >= 0.6 is 11.3 Å². The van der Waals surface area contributed by atoms with Crippen LogP contribution in [0, 0.1) is 0 Å². The molecular formula is C39H42N4O8S. The van der Waals surface area contributed by atoms with E-state index >= 15 is 0 Å². The van der Waals surface area contributed by atoms with E-state index in [9.17, 15) is 24.3 Å². The Hall–Kier alpha value is -5.27. The predicted molar refractivity (Wildman–Crippen MR) is 197 cm³/mol. The second-order valence-electron chi connectivity index (χ2n) is 13.8. The Morgan fingerprint density at radius 3 is 2.40 bits per heavy atom. The third-order valence-corrected chi connectivity index (χ3v) is 9.85. The molecule has 3 heterocycles. The highest BCUT2D eigenvalue weighted by molar-refractivity contribution is 7.13. The molecule has 0 unspecified atom stereocenters. The topological polar surface area (TPSA) is 165 Å². The van der Waals surface area contributed by atoms with Gasteiger partial charge < -0.3 is 35.3 Å². The minimum Gasteiger partial charge on any atom is -0.493 e. The number of amides is 3. The van der Waals surface area contributed by atoms with Crippen molar-refractivity contribution in [3.8, 4) is 27.3 Å². The smallest absolute Gasteiger partial charge is 0.407 e. The lowest BCUT2D eigenvalue weighted by Crippen LogP contribution is -2.39. The second kappa shape index (κ2) is 15.5. The molecule has 272 valence electrons. The van der Waals surface area contributed by atoms with Gasteiger partial charge in [0.1, 0.15) is 17.0 Å². The number of esters is 1. The zero-order valence-electron chi connectivity index (χ0n) is 29.5. The molecule has 4 aromatic rings. The molecule has 0 atom stereocenters. The number of aromatic nitrogens is 1. The van der Waals surface area contributed by atoms with Crippen molar-refractivity contribution in [2.24, 2.45) is 0 Å². The predicted octanol–water partition coefficient (Wildman–Crippen LogP) is 6.51. The maximum Gasteiger partial charge on any atom is 0.407 e.